The number of anilines is 1. The van der Waals surface area contributed by atoms with Gasteiger partial charge < -0.3 is 14.8 Å². The number of para-hydroxylation sites is 2. The molecule has 3 rings (SSSR count). The third-order valence-corrected chi connectivity index (χ3v) is 6.45. The summed E-state index contributed by atoms with van der Waals surface area (Å²) in [6.07, 6.45) is 0. The van der Waals surface area contributed by atoms with E-state index >= 15 is 0 Å². The van der Waals surface area contributed by atoms with Crippen molar-refractivity contribution in [2.75, 3.05) is 25.0 Å². The van der Waals surface area contributed by atoms with Crippen molar-refractivity contribution in [3.8, 4) is 11.5 Å². The number of carbonyl (C=O) groups is 1. The van der Waals surface area contributed by atoms with E-state index in [9.17, 15) is 13.2 Å². The molecule has 174 valence electrons. The molecule has 0 fully saturated rings. The summed E-state index contributed by atoms with van der Waals surface area (Å²) in [4.78, 5) is 12.7. The zero-order chi connectivity index (χ0) is 24.0. The van der Waals surface area contributed by atoms with Crippen molar-refractivity contribution in [1.82, 2.24) is 5.32 Å². The van der Waals surface area contributed by atoms with E-state index in [0.717, 1.165) is 11.1 Å². The Hall–Kier alpha value is -3.52. The highest BCUT2D eigenvalue weighted by Gasteiger charge is 2.19. The molecule has 0 heterocycles. The zero-order valence-corrected chi connectivity index (χ0v) is 20.0. The van der Waals surface area contributed by atoms with Crippen molar-refractivity contribution in [3.05, 3.63) is 82.9 Å². The quantitative estimate of drug-likeness (QED) is 0.459. The summed E-state index contributed by atoms with van der Waals surface area (Å²) in [5, 5.41) is 2.75. The number of nitrogens with one attached hydrogen (secondary N) is 2. The number of methoxy groups -OCH3 is 1. The number of amides is 1. The summed E-state index contributed by atoms with van der Waals surface area (Å²) < 4.78 is 39.5. The number of sulfonamides is 1. The minimum absolute atomic E-state index is 0.0552. The molecule has 2 N–H and O–H groups in total. The van der Waals surface area contributed by atoms with Gasteiger partial charge in [0.25, 0.3) is 15.9 Å². The van der Waals surface area contributed by atoms with Gasteiger partial charge in [0.05, 0.1) is 18.6 Å². The first-order valence-electron chi connectivity index (χ1n) is 10.5. The van der Waals surface area contributed by atoms with Crippen molar-refractivity contribution in [2.24, 2.45) is 0 Å². The molecule has 3 aromatic carbocycles. The maximum absolute atomic E-state index is 13.0. The highest BCUT2D eigenvalue weighted by Crippen LogP contribution is 2.25. The van der Waals surface area contributed by atoms with Crippen molar-refractivity contribution in [2.45, 2.75) is 25.7 Å². The van der Waals surface area contributed by atoms with E-state index in [-0.39, 0.29) is 29.5 Å². The lowest BCUT2D eigenvalue weighted by Crippen LogP contribution is -2.28. The predicted molar refractivity (Wildman–Crippen MR) is 129 cm³/mol. The summed E-state index contributed by atoms with van der Waals surface area (Å²) >= 11 is 0. The lowest BCUT2D eigenvalue weighted by atomic mass is 10.1. The molecule has 0 atom stereocenters. The van der Waals surface area contributed by atoms with Gasteiger partial charge in [0.1, 0.15) is 6.61 Å². The Labute approximate surface area is 194 Å². The van der Waals surface area contributed by atoms with Crippen molar-refractivity contribution >= 4 is 21.6 Å². The minimum atomic E-state index is -3.87. The summed E-state index contributed by atoms with van der Waals surface area (Å²) in [6, 6.07) is 17.3. The normalized spacial score (nSPS) is 11.0. The topological polar surface area (TPSA) is 93.7 Å². The van der Waals surface area contributed by atoms with Gasteiger partial charge in [0, 0.05) is 11.3 Å². The minimum Gasteiger partial charge on any atom is -0.493 e. The van der Waals surface area contributed by atoms with E-state index in [1.165, 1.54) is 6.07 Å². The van der Waals surface area contributed by atoms with Crippen LogP contribution in [0.15, 0.2) is 65.6 Å². The molecular weight excluding hydrogens is 440 g/mol. The summed E-state index contributed by atoms with van der Waals surface area (Å²) in [6.45, 7) is 5.97. The third-order valence-electron chi connectivity index (χ3n) is 4.93. The van der Waals surface area contributed by atoms with E-state index in [1.54, 1.807) is 50.4 Å². The van der Waals surface area contributed by atoms with Gasteiger partial charge in [-0.3, -0.25) is 9.52 Å². The molecule has 1 amide bonds. The zero-order valence-electron chi connectivity index (χ0n) is 19.1. The van der Waals surface area contributed by atoms with Gasteiger partial charge in [0.2, 0.25) is 0 Å². The fraction of sp³-hybridized carbons (Fsp3) is 0.240. The van der Waals surface area contributed by atoms with Crippen LogP contribution in [0.2, 0.25) is 0 Å². The molecule has 0 spiro atoms. The van der Waals surface area contributed by atoms with Crippen LogP contribution in [0, 0.1) is 20.8 Å². The molecule has 3 aromatic rings. The van der Waals surface area contributed by atoms with Crippen molar-refractivity contribution in [1.29, 1.82) is 0 Å². The van der Waals surface area contributed by atoms with Gasteiger partial charge in [-0.15, -0.1) is 0 Å². The number of aryl methyl sites for hydroxylation is 3. The van der Waals surface area contributed by atoms with E-state index in [4.69, 9.17) is 9.47 Å². The van der Waals surface area contributed by atoms with E-state index in [0.29, 0.717) is 22.7 Å². The van der Waals surface area contributed by atoms with Crippen LogP contribution in [0.5, 0.6) is 11.5 Å². The largest absolute Gasteiger partial charge is 0.493 e. The second kappa shape index (κ2) is 10.4. The van der Waals surface area contributed by atoms with Gasteiger partial charge in [-0.25, -0.2) is 8.42 Å². The predicted octanol–water partition coefficient (Wildman–Crippen LogP) is 4.23. The molecule has 0 aromatic heterocycles. The summed E-state index contributed by atoms with van der Waals surface area (Å²) in [5.74, 6) is 0.797. The number of ether oxygens (including phenoxy) is 2. The molecule has 33 heavy (non-hydrogen) atoms. The molecular formula is C25H28N2O5S. The lowest BCUT2D eigenvalue weighted by molar-refractivity contribution is 0.0946. The summed E-state index contributed by atoms with van der Waals surface area (Å²) in [5.41, 5.74) is 3.18. The van der Waals surface area contributed by atoms with Crippen molar-refractivity contribution in [3.63, 3.8) is 0 Å². The van der Waals surface area contributed by atoms with Crippen LogP contribution in [0.1, 0.15) is 27.0 Å². The van der Waals surface area contributed by atoms with E-state index < -0.39 is 10.0 Å². The standard InChI is InChI=1S/C25H28N2O5S/c1-17-13-18(2)15-21(14-17)27-33(29,30)24-16-20(10-9-19(24)3)25(28)26-11-12-32-23-8-6-5-7-22(23)31-4/h5-10,13-16,27H,11-12H2,1-4H3,(H,26,28). The molecule has 8 heteroatoms. The highest BCUT2D eigenvalue weighted by atomic mass is 32.2. The molecule has 0 bridgehead atoms. The number of hydrogen-bond acceptors (Lipinski definition) is 5. The maximum Gasteiger partial charge on any atom is 0.262 e. The molecule has 0 saturated heterocycles. The molecule has 0 aliphatic rings. The van der Waals surface area contributed by atoms with Crippen LogP contribution in [-0.4, -0.2) is 34.6 Å². The van der Waals surface area contributed by atoms with Gasteiger partial charge in [0.15, 0.2) is 11.5 Å². The first kappa shape index (κ1) is 24.1. The average molecular weight is 469 g/mol. The Balaban J connectivity index is 1.67. The van der Waals surface area contributed by atoms with Crippen LogP contribution in [0.25, 0.3) is 0 Å². The smallest absolute Gasteiger partial charge is 0.262 e. The number of hydrogen-bond donors (Lipinski definition) is 2. The lowest BCUT2D eigenvalue weighted by Gasteiger charge is -2.14. The molecule has 0 radical (unpaired) electrons. The SMILES string of the molecule is COc1ccccc1OCCNC(=O)c1ccc(C)c(S(=O)(=O)Nc2cc(C)cc(C)c2)c1. The molecule has 0 saturated carbocycles. The van der Waals surface area contributed by atoms with Crippen LogP contribution in [-0.2, 0) is 10.0 Å². The number of rotatable bonds is 9. The van der Waals surface area contributed by atoms with E-state index in [1.807, 2.05) is 32.0 Å². The Morgan fingerprint density at radius 3 is 2.24 bits per heavy atom. The van der Waals surface area contributed by atoms with Gasteiger partial charge in [-0.05, 0) is 73.9 Å². The second-order valence-corrected chi connectivity index (χ2v) is 9.37. The Bertz CT molecular complexity index is 1240. The second-order valence-electron chi connectivity index (χ2n) is 7.72. The van der Waals surface area contributed by atoms with Crippen LogP contribution in [0.3, 0.4) is 0 Å². The van der Waals surface area contributed by atoms with Gasteiger partial charge in [-0.1, -0.05) is 24.3 Å². The fourth-order valence-corrected chi connectivity index (χ4v) is 4.75. The monoisotopic (exact) mass is 468 g/mol. The van der Waals surface area contributed by atoms with Crippen LogP contribution >= 0.6 is 0 Å². The first-order chi connectivity index (χ1) is 15.7. The Morgan fingerprint density at radius 1 is 0.909 bits per heavy atom. The van der Waals surface area contributed by atoms with Crippen molar-refractivity contribution < 1.29 is 22.7 Å². The van der Waals surface area contributed by atoms with Crippen LogP contribution < -0.4 is 19.5 Å². The van der Waals surface area contributed by atoms with E-state index in [2.05, 4.69) is 10.0 Å². The molecule has 7 nitrogen and oxygen atoms in total. The Kier molecular flexibility index (Phi) is 7.60. The molecule has 0 aliphatic heterocycles. The summed E-state index contributed by atoms with van der Waals surface area (Å²) in [7, 11) is -2.31. The number of carbonyl (C=O) groups excluding carboxylic acids is 1. The molecule has 0 unspecified atom stereocenters. The third kappa shape index (κ3) is 6.26. The Morgan fingerprint density at radius 2 is 1.58 bits per heavy atom. The van der Waals surface area contributed by atoms with Gasteiger partial charge in [-0.2, -0.15) is 0 Å². The fourth-order valence-electron chi connectivity index (χ4n) is 3.44. The first-order valence-corrected chi connectivity index (χ1v) is 11.9. The average Bonchev–Trinajstić information content (AvgIpc) is 2.76. The van der Waals surface area contributed by atoms with Gasteiger partial charge >= 0.3 is 0 Å². The van der Waals surface area contributed by atoms with Crippen LogP contribution in [0.4, 0.5) is 5.69 Å². The number of benzene rings is 3. The maximum atomic E-state index is 13.0. The highest BCUT2D eigenvalue weighted by molar-refractivity contribution is 7.92. The molecule has 0 aliphatic carbocycles.